The van der Waals surface area contributed by atoms with Crippen molar-refractivity contribution in [2.45, 2.75) is 19.4 Å². The van der Waals surface area contributed by atoms with Gasteiger partial charge in [-0.2, -0.15) is 0 Å². The molecule has 0 bridgehead atoms. The normalized spacial score (nSPS) is 12.8. The molecule has 1 heterocycles. The Morgan fingerprint density at radius 3 is 3.17 bits per heavy atom. The molecule has 4 heteroatoms. The second-order valence-corrected chi connectivity index (χ2v) is 2.76. The Labute approximate surface area is 72.3 Å². The van der Waals surface area contributed by atoms with Crippen LogP contribution in [0.3, 0.4) is 0 Å². The summed E-state index contributed by atoms with van der Waals surface area (Å²) < 4.78 is 4.96. The summed E-state index contributed by atoms with van der Waals surface area (Å²) in [6.07, 6.45) is 4.51. The molecular formula is C8H15N3O. The number of anilines is 1. The van der Waals surface area contributed by atoms with Gasteiger partial charge in [-0.1, -0.05) is 0 Å². The zero-order chi connectivity index (χ0) is 8.81. The number of imidazole rings is 1. The van der Waals surface area contributed by atoms with Crippen LogP contribution in [0.15, 0.2) is 12.4 Å². The number of H-pyrrole nitrogens is 1. The summed E-state index contributed by atoms with van der Waals surface area (Å²) in [4.78, 5) is 7.04. The Morgan fingerprint density at radius 1 is 1.75 bits per heavy atom. The quantitative estimate of drug-likeness (QED) is 0.697. The van der Waals surface area contributed by atoms with Crippen molar-refractivity contribution >= 4 is 5.95 Å². The van der Waals surface area contributed by atoms with Gasteiger partial charge in [0.05, 0.1) is 0 Å². The van der Waals surface area contributed by atoms with Crippen LogP contribution in [0.1, 0.15) is 13.3 Å². The van der Waals surface area contributed by atoms with Crippen molar-refractivity contribution < 1.29 is 4.74 Å². The summed E-state index contributed by atoms with van der Waals surface area (Å²) in [5.74, 6) is 0.818. The molecule has 1 rings (SSSR count). The number of rotatable bonds is 5. The van der Waals surface area contributed by atoms with Crippen molar-refractivity contribution in [2.24, 2.45) is 0 Å². The van der Waals surface area contributed by atoms with Crippen LogP contribution < -0.4 is 5.32 Å². The first kappa shape index (κ1) is 9.06. The number of ether oxygens (including phenoxy) is 1. The molecule has 0 aliphatic heterocycles. The van der Waals surface area contributed by atoms with Gasteiger partial charge in [0.2, 0.25) is 0 Å². The second-order valence-electron chi connectivity index (χ2n) is 2.76. The number of aromatic amines is 1. The lowest BCUT2D eigenvalue weighted by Crippen LogP contribution is -2.17. The van der Waals surface area contributed by atoms with E-state index in [2.05, 4.69) is 22.2 Å². The maximum absolute atomic E-state index is 4.96. The Balaban J connectivity index is 2.22. The minimum atomic E-state index is 0.385. The molecular weight excluding hydrogens is 154 g/mol. The molecule has 2 N–H and O–H groups in total. The van der Waals surface area contributed by atoms with Crippen LogP contribution in [-0.2, 0) is 4.74 Å². The third kappa shape index (κ3) is 2.92. The summed E-state index contributed by atoms with van der Waals surface area (Å²) in [5.41, 5.74) is 0. The highest BCUT2D eigenvalue weighted by Gasteiger charge is 2.01. The van der Waals surface area contributed by atoms with E-state index in [0.29, 0.717) is 6.04 Å². The zero-order valence-electron chi connectivity index (χ0n) is 7.50. The van der Waals surface area contributed by atoms with E-state index >= 15 is 0 Å². The lowest BCUT2D eigenvalue weighted by molar-refractivity contribution is 0.191. The minimum Gasteiger partial charge on any atom is -0.385 e. The molecule has 68 valence electrons. The van der Waals surface area contributed by atoms with Crippen molar-refractivity contribution in [3.05, 3.63) is 12.4 Å². The van der Waals surface area contributed by atoms with Gasteiger partial charge in [0.15, 0.2) is 5.95 Å². The molecule has 0 spiro atoms. The van der Waals surface area contributed by atoms with Gasteiger partial charge in [-0.15, -0.1) is 0 Å². The third-order valence-corrected chi connectivity index (χ3v) is 1.64. The molecule has 0 saturated carbocycles. The largest absolute Gasteiger partial charge is 0.385 e. The van der Waals surface area contributed by atoms with Crippen molar-refractivity contribution in [1.82, 2.24) is 9.97 Å². The van der Waals surface area contributed by atoms with Crippen LogP contribution in [0.4, 0.5) is 5.95 Å². The van der Waals surface area contributed by atoms with Crippen LogP contribution in [-0.4, -0.2) is 29.7 Å². The van der Waals surface area contributed by atoms with E-state index in [0.717, 1.165) is 19.0 Å². The fourth-order valence-corrected chi connectivity index (χ4v) is 0.944. The monoisotopic (exact) mass is 169 g/mol. The lowest BCUT2D eigenvalue weighted by atomic mass is 10.2. The van der Waals surface area contributed by atoms with Gasteiger partial charge in [0.1, 0.15) is 0 Å². The van der Waals surface area contributed by atoms with Crippen LogP contribution >= 0.6 is 0 Å². The van der Waals surface area contributed by atoms with Gasteiger partial charge >= 0.3 is 0 Å². The maximum atomic E-state index is 4.96. The summed E-state index contributed by atoms with van der Waals surface area (Å²) in [6.45, 7) is 2.87. The molecule has 0 aliphatic carbocycles. The van der Waals surface area contributed by atoms with Gasteiger partial charge in [-0.3, -0.25) is 0 Å². The van der Waals surface area contributed by atoms with Crippen molar-refractivity contribution in [1.29, 1.82) is 0 Å². The first-order valence-electron chi connectivity index (χ1n) is 4.08. The smallest absolute Gasteiger partial charge is 0.200 e. The van der Waals surface area contributed by atoms with E-state index in [4.69, 9.17) is 4.74 Å². The van der Waals surface area contributed by atoms with Gasteiger partial charge in [0, 0.05) is 32.2 Å². The summed E-state index contributed by atoms with van der Waals surface area (Å²) in [6, 6.07) is 0.385. The molecule has 0 fully saturated rings. The first-order valence-corrected chi connectivity index (χ1v) is 4.08. The molecule has 0 saturated heterocycles. The number of hydrogen-bond donors (Lipinski definition) is 2. The van der Waals surface area contributed by atoms with E-state index in [1.165, 1.54) is 0 Å². The molecule has 12 heavy (non-hydrogen) atoms. The average molecular weight is 169 g/mol. The maximum Gasteiger partial charge on any atom is 0.200 e. The fraction of sp³-hybridized carbons (Fsp3) is 0.625. The van der Waals surface area contributed by atoms with Gasteiger partial charge in [0.25, 0.3) is 0 Å². The second kappa shape index (κ2) is 4.77. The summed E-state index contributed by atoms with van der Waals surface area (Å²) in [7, 11) is 1.71. The fourth-order valence-electron chi connectivity index (χ4n) is 0.944. The van der Waals surface area contributed by atoms with Gasteiger partial charge in [-0.05, 0) is 13.3 Å². The third-order valence-electron chi connectivity index (χ3n) is 1.64. The molecule has 1 unspecified atom stereocenters. The number of aromatic nitrogens is 2. The SMILES string of the molecule is COCCC(C)Nc1ncc[nH]1. The number of methoxy groups -OCH3 is 1. The first-order chi connectivity index (χ1) is 5.83. The Hall–Kier alpha value is -1.03. The molecule has 0 aliphatic rings. The topological polar surface area (TPSA) is 49.9 Å². The van der Waals surface area contributed by atoms with E-state index in [-0.39, 0.29) is 0 Å². The molecule has 1 aromatic rings. The van der Waals surface area contributed by atoms with E-state index in [1.54, 1.807) is 19.5 Å². The Bertz CT molecular complexity index is 198. The highest BCUT2D eigenvalue weighted by atomic mass is 16.5. The van der Waals surface area contributed by atoms with Crippen molar-refractivity contribution in [3.8, 4) is 0 Å². The molecule has 0 aromatic carbocycles. The molecule has 1 atom stereocenters. The van der Waals surface area contributed by atoms with Crippen molar-refractivity contribution in [3.63, 3.8) is 0 Å². The number of nitrogens with zero attached hydrogens (tertiary/aromatic N) is 1. The molecule has 1 aromatic heterocycles. The Kier molecular flexibility index (Phi) is 3.60. The molecule has 0 radical (unpaired) electrons. The van der Waals surface area contributed by atoms with Crippen LogP contribution in [0.2, 0.25) is 0 Å². The van der Waals surface area contributed by atoms with Crippen LogP contribution in [0.25, 0.3) is 0 Å². The summed E-state index contributed by atoms with van der Waals surface area (Å²) in [5, 5.41) is 3.21. The number of hydrogen-bond acceptors (Lipinski definition) is 3. The molecule has 0 amide bonds. The molecule has 4 nitrogen and oxygen atoms in total. The van der Waals surface area contributed by atoms with E-state index in [9.17, 15) is 0 Å². The van der Waals surface area contributed by atoms with Crippen molar-refractivity contribution in [2.75, 3.05) is 19.0 Å². The van der Waals surface area contributed by atoms with Crippen LogP contribution in [0, 0.1) is 0 Å². The Morgan fingerprint density at radius 2 is 2.58 bits per heavy atom. The zero-order valence-corrected chi connectivity index (χ0v) is 7.50. The minimum absolute atomic E-state index is 0.385. The highest BCUT2D eigenvalue weighted by Crippen LogP contribution is 2.01. The predicted molar refractivity (Wildman–Crippen MR) is 48.2 cm³/mol. The average Bonchev–Trinajstić information content (AvgIpc) is 2.53. The predicted octanol–water partition coefficient (Wildman–Crippen LogP) is 1.25. The van der Waals surface area contributed by atoms with E-state index < -0.39 is 0 Å². The van der Waals surface area contributed by atoms with Crippen LogP contribution in [0.5, 0.6) is 0 Å². The van der Waals surface area contributed by atoms with Gasteiger partial charge in [-0.25, -0.2) is 4.98 Å². The highest BCUT2D eigenvalue weighted by molar-refractivity contribution is 5.23. The standard InChI is InChI=1S/C8H15N3O/c1-7(3-6-12-2)11-8-9-4-5-10-8/h4-5,7H,3,6H2,1-2H3,(H2,9,10,11). The lowest BCUT2D eigenvalue weighted by Gasteiger charge is -2.11. The summed E-state index contributed by atoms with van der Waals surface area (Å²) >= 11 is 0. The van der Waals surface area contributed by atoms with E-state index in [1.807, 2.05) is 0 Å². The number of nitrogens with one attached hydrogen (secondary N) is 2. The van der Waals surface area contributed by atoms with Gasteiger partial charge < -0.3 is 15.0 Å².